The summed E-state index contributed by atoms with van der Waals surface area (Å²) >= 11 is 0. The summed E-state index contributed by atoms with van der Waals surface area (Å²) in [5, 5.41) is 51.5. The number of carbonyl (C=O) groups excluding carboxylic acids is 1. The molecule has 214 valence electrons. The zero-order chi connectivity index (χ0) is 30.0. The summed E-state index contributed by atoms with van der Waals surface area (Å²) in [4.78, 5) is 30.0. The normalized spacial score (nSPS) is 11.7. The van der Waals surface area contributed by atoms with Crippen molar-refractivity contribution in [3.63, 3.8) is 0 Å². The van der Waals surface area contributed by atoms with Crippen LogP contribution in [-0.4, -0.2) is 43.6 Å². The number of hydrogen-bond donors (Lipinski definition) is 5. The molecule has 0 bridgehead atoms. The van der Waals surface area contributed by atoms with Crippen molar-refractivity contribution in [3.05, 3.63) is 100.0 Å². The van der Waals surface area contributed by atoms with Gasteiger partial charge in [0.25, 0.3) is 0 Å². The predicted molar refractivity (Wildman–Crippen MR) is 150 cm³/mol. The molecule has 1 atom stereocenters. The highest BCUT2D eigenvalue weighted by Gasteiger charge is 2.30. The molecule has 0 fully saturated rings. The van der Waals surface area contributed by atoms with E-state index in [1.807, 2.05) is 12.1 Å². The Morgan fingerprint density at radius 1 is 0.905 bits per heavy atom. The predicted octanol–water partition coefficient (Wildman–Crippen LogP) is 4.66. The second kappa shape index (κ2) is 11.4. The minimum atomic E-state index is -1.02. The first-order valence-corrected chi connectivity index (χ1v) is 12.6. The van der Waals surface area contributed by atoms with Crippen LogP contribution in [0.4, 0.5) is 0 Å². The Balaban J connectivity index is 1.65. The molecule has 0 unspecified atom stereocenters. The minimum absolute atomic E-state index is 0.0227. The molecule has 11 heteroatoms. The first kappa shape index (κ1) is 27.8. The van der Waals surface area contributed by atoms with E-state index in [1.54, 1.807) is 36.5 Å². The Morgan fingerprint density at radius 2 is 1.67 bits per heavy atom. The fraction of sp³-hybridized carbons (Fsp3) is 0.129. The van der Waals surface area contributed by atoms with Crippen LogP contribution in [0.25, 0.3) is 22.3 Å². The topological polar surface area (TPSA) is 180 Å². The number of methoxy groups -OCH3 is 1. The molecule has 0 radical (unpaired) electrons. The summed E-state index contributed by atoms with van der Waals surface area (Å²) in [6.07, 6.45) is 1.36. The van der Waals surface area contributed by atoms with E-state index in [1.165, 1.54) is 13.2 Å². The van der Waals surface area contributed by atoms with Crippen LogP contribution in [0.1, 0.15) is 29.2 Å². The van der Waals surface area contributed by atoms with Gasteiger partial charge in [0.05, 0.1) is 19.2 Å². The minimum Gasteiger partial charge on any atom is -0.507 e. The van der Waals surface area contributed by atoms with Gasteiger partial charge in [0.2, 0.25) is 11.2 Å². The number of aromatic hydroxyl groups is 5. The van der Waals surface area contributed by atoms with Gasteiger partial charge in [0.15, 0.2) is 17.3 Å². The maximum Gasteiger partial charge on any atom is 0.306 e. The van der Waals surface area contributed by atoms with Crippen LogP contribution in [0.3, 0.4) is 0 Å². The third kappa shape index (κ3) is 5.35. The number of phenolic OH excluding ortho intramolecular Hbond substituents is 4. The lowest BCUT2D eigenvalue weighted by molar-refractivity contribution is -0.140. The highest BCUT2D eigenvalue weighted by atomic mass is 16.5. The van der Waals surface area contributed by atoms with E-state index in [-0.39, 0.29) is 29.7 Å². The third-order valence-electron chi connectivity index (χ3n) is 6.72. The largest absolute Gasteiger partial charge is 0.507 e. The van der Waals surface area contributed by atoms with Gasteiger partial charge in [-0.1, -0.05) is 18.2 Å². The maximum absolute atomic E-state index is 13.3. The molecule has 11 nitrogen and oxygen atoms in total. The van der Waals surface area contributed by atoms with E-state index in [2.05, 4.69) is 4.98 Å². The molecule has 0 aliphatic carbocycles. The van der Waals surface area contributed by atoms with Gasteiger partial charge in [0, 0.05) is 29.3 Å². The summed E-state index contributed by atoms with van der Waals surface area (Å²) in [5.41, 5.74) is -0.102. The number of nitrogens with zero attached hydrogens (tertiary/aromatic N) is 1. The lowest BCUT2D eigenvalue weighted by Crippen LogP contribution is -2.12. The molecule has 2 heterocycles. The first-order chi connectivity index (χ1) is 20.2. The second-order valence-corrected chi connectivity index (χ2v) is 9.36. The fourth-order valence-electron chi connectivity index (χ4n) is 4.61. The quantitative estimate of drug-likeness (QED) is 0.129. The Labute approximate surface area is 238 Å². The molecule has 42 heavy (non-hydrogen) atoms. The molecular weight excluding hydrogens is 546 g/mol. The molecule has 0 aliphatic heterocycles. The number of aromatic nitrogens is 1. The Kier molecular flexibility index (Phi) is 7.57. The van der Waals surface area contributed by atoms with E-state index in [0.29, 0.717) is 11.3 Å². The van der Waals surface area contributed by atoms with Crippen molar-refractivity contribution in [1.82, 2.24) is 4.98 Å². The average Bonchev–Trinajstić information content (AvgIpc) is 2.99. The van der Waals surface area contributed by atoms with Crippen LogP contribution in [-0.2, 0) is 16.1 Å². The van der Waals surface area contributed by atoms with Crippen molar-refractivity contribution in [2.24, 2.45) is 0 Å². The average molecular weight is 572 g/mol. The lowest BCUT2D eigenvalue weighted by Gasteiger charge is -2.21. The van der Waals surface area contributed by atoms with Crippen LogP contribution < -0.4 is 10.2 Å². The highest BCUT2D eigenvalue weighted by Crippen LogP contribution is 2.45. The van der Waals surface area contributed by atoms with Crippen molar-refractivity contribution in [1.29, 1.82) is 0 Å². The SMILES string of the molecule is COC(=O)C[C@H](c1ccc(OCc2ccccn2)cc1)c1c(O)cc(O)c2c(=O)c(O)c(-c3ccc(O)c(O)c3)oc12. The summed E-state index contributed by atoms with van der Waals surface area (Å²) in [6.45, 7) is 0.222. The van der Waals surface area contributed by atoms with Crippen molar-refractivity contribution in [2.45, 2.75) is 18.9 Å². The molecule has 0 spiro atoms. The molecular formula is C31H25NO10. The number of pyridine rings is 1. The zero-order valence-electron chi connectivity index (χ0n) is 22.1. The Morgan fingerprint density at radius 3 is 2.33 bits per heavy atom. The van der Waals surface area contributed by atoms with Crippen LogP contribution in [0.2, 0.25) is 0 Å². The monoisotopic (exact) mass is 571 g/mol. The van der Waals surface area contributed by atoms with Gasteiger partial charge in [-0.3, -0.25) is 14.6 Å². The molecule has 5 N–H and O–H groups in total. The summed E-state index contributed by atoms with van der Waals surface area (Å²) < 4.78 is 16.6. The fourth-order valence-corrected chi connectivity index (χ4v) is 4.61. The van der Waals surface area contributed by atoms with Gasteiger partial charge in [-0.25, -0.2) is 0 Å². The van der Waals surface area contributed by atoms with Crippen molar-refractivity contribution in [2.75, 3.05) is 7.11 Å². The molecule has 2 aromatic heterocycles. The molecule has 0 aliphatic rings. The van der Waals surface area contributed by atoms with Crippen LogP contribution in [0, 0.1) is 0 Å². The van der Waals surface area contributed by atoms with E-state index in [9.17, 15) is 35.1 Å². The van der Waals surface area contributed by atoms with E-state index >= 15 is 0 Å². The lowest BCUT2D eigenvalue weighted by atomic mass is 9.86. The van der Waals surface area contributed by atoms with Gasteiger partial charge < -0.3 is 39.4 Å². The van der Waals surface area contributed by atoms with Crippen LogP contribution in [0.5, 0.6) is 34.5 Å². The van der Waals surface area contributed by atoms with E-state index < -0.39 is 57.2 Å². The number of benzene rings is 3. The van der Waals surface area contributed by atoms with Crippen LogP contribution >= 0.6 is 0 Å². The number of phenols is 4. The Hall–Kier alpha value is -5.71. The molecule has 0 amide bonds. The van der Waals surface area contributed by atoms with Crippen molar-refractivity contribution < 1.29 is 44.2 Å². The first-order valence-electron chi connectivity index (χ1n) is 12.6. The summed E-state index contributed by atoms with van der Waals surface area (Å²) in [6, 6.07) is 16.5. The summed E-state index contributed by atoms with van der Waals surface area (Å²) in [7, 11) is 1.20. The van der Waals surface area contributed by atoms with Gasteiger partial charge >= 0.3 is 5.97 Å². The number of fused-ring (bicyclic) bond motifs is 1. The molecule has 3 aromatic carbocycles. The highest BCUT2D eigenvalue weighted by molar-refractivity contribution is 5.92. The molecule has 5 aromatic rings. The number of hydrogen-bond acceptors (Lipinski definition) is 11. The smallest absolute Gasteiger partial charge is 0.306 e. The zero-order valence-corrected chi connectivity index (χ0v) is 22.1. The van der Waals surface area contributed by atoms with E-state index in [0.717, 1.165) is 23.9 Å². The van der Waals surface area contributed by atoms with Crippen molar-refractivity contribution in [3.8, 4) is 45.8 Å². The number of carbonyl (C=O) groups is 1. The number of rotatable bonds is 8. The standard InChI is InChI=1S/C31H25NO10/c1-40-25(37)13-20(16-5-8-19(9-6-16)41-15-18-4-2-3-11-32-18)26-23(35)14-24(36)27-28(38)29(39)30(42-31(26)27)17-7-10-21(33)22(34)12-17/h2-12,14,20,33-36,39H,13,15H2,1H3/t20-/m1/s1. The van der Waals surface area contributed by atoms with Gasteiger partial charge in [-0.15, -0.1) is 0 Å². The Bertz CT molecular complexity index is 1830. The van der Waals surface area contributed by atoms with E-state index in [4.69, 9.17) is 13.9 Å². The third-order valence-corrected chi connectivity index (χ3v) is 6.72. The molecule has 0 saturated heterocycles. The van der Waals surface area contributed by atoms with Crippen molar-refractivity contribution >= 4 is 16.9 Å². The summed E-state index contributed by atoms with van der Waals surface area (Å²) in [5.74, 6) is -4.48. The second-order valence-electron chi connectivity index (χ2n) is 9.36. The number of esters is 1. The van der Waals surface area contributed by atoms with Gasteiger partial charge in [-0.2, -0.15) is 0 Å². The maximum atomic E-state index is 13.3. The molecule has 5 rings (SSSR count). The number of ether oxygens (including phenoxy) is 2. The van der Waals surface area contributed by atoms with Gasteiger partial charge in [-0.05, 0) is 48.0 Å². The molecule has 0 saturated carbocycles. The van der Waals surface area contributed by atoms with Gasteiger partial charge in [0.1, 0.15) is 34.8 Å². The van der Waals surface area contributed by atoms with Crippen LogP contribution in [0.15, 0.2) is 82.1 Å².